The van der Waals surface area contributed by atoms with E-state index in [4.69, 9.17) is 14.2 Å². The van der Waals surface area contributed by atoms with Crippen LogP contribution < -0.4 is 19.7 Å². The van der Waals surface area contributed by atoms with E-state index in [1.165, 1.54) is 0 Å². The Bertz CT molecular complexity index is 867. The Balaban J connectivity index is 1.94. The van der Waals surface area contributed by atoms with Gasteiger partial charge in [-0.1, -0.05) is 12.1 Å². The van der Waals surface area contributed by atoms with Gasteiger partial charge in [0, 0.05) is 32.4 Å². The van der Waals surface area contributed by atoms with Gasteiger partial charge in [-0.2, -0.15) is 0 Å². The minimum Gasteiger partial charge on any atom is -0.497 e. The fourth-order valence-electron chi connectivity index (χ4n) is 3.96. The highest BCUT2D eigenvalue weighted by molar-refractivity contribution is 5.97. The summed E-state index contributed by atoms with van der Waals surface area (Å²) >= 11 is 0. The molecule has 1 saturated heterocycles. The van der Waals surface area contributed by atoms with Crippen molar-refractivity contribution in [3.8, 4) is 11.5 Å². The molecule has 0 aliphatic carbocycles. The highest BCUT2D eigenvalue weighted by Gasteiger charge is 2.41. The number of rotatable bonds is 9. The predicted molar refractivity (Wildman–Crippen MR) is 118 cm³/mol. The summed E-state index contributed by atoms with van der Waals surface area (Å²) in [6, 6.07) is 14.5. The first-order chi connectivity index (χ1) is 15.1. The van der Waals surface area contributed by atoms with E-state index in [1.54, 1.807) is 26.2 Å². The highest BCUT2D eigenvalue weighted by Crippen LogP contribution is 2.40. The fraction of sp³-hybridized carbons (Fsp3) is 0.417. The molecule has 1 heterocycles. The molecule has 2 atom stereocenters. The second-order valence-corrected chi connectivity index (χ2v) is 7.46. The number of carbonyl (C=O) groups excluding carboxylic acids is 2. The van der Waals surface area contributed by atoms with Crippen LogP contribution in [0, 0.1) is 5.92 Å². The molecule has 166 valence electrons. The van der Waals surface area contributed by atoms with Crippen molar-refractivity contribution in [2.45, 2.75) is 25.3 Å². The molecule has 1 N–H and O–H groups in total. The van der Waals surface area contributed by atoms with Crippen LogP contribution in [0.15, 0.2) is 48.5 Å². The highest BCUT2D eigenvalue weighted by atomic mass is 16.5. The fourth-order valence-corrected chi connectivity index (χ4v) is 3.96. The third-order valence-corrected chi connectivity index (χ3v) is 5.57. The summed E-state index contributed by atoms with van der Waals surface area (Å²) in [5.74, 6) is 1.01. The molecule has 2 aromatic rings. The molecular formula is C24H30N2O5. The lowest BCUT2D eigenvalue weighted by Crippen LogP contribution is -2.48. The molecule has 2 aromatic carbocycles. The van der Waals surface area contributed by atoms with Crippen molar-refractivity contribution in [3.05, 3.63) is 54.1 Å². The van der Waals surface area contributed by atoms with E-state index in [-0.39, 0.29) is 17.7 Å². The molecule has 0 aromatic heterocycles. The maximum atomic E-state index is 13.1. The first kappa shape index (κ1) is 22.6. The lowest BCUT2D eigenvalue weighted by atomic mass is 9.83. The number of anilines is 1. The Morgan fingerprint density at radius 3 is 2.19 bits per heavy atom. The van der Waals surface area contributed by atoms with Crippen molar-refractivity contribution >= 4 is 17.5 Å². The molecule has 1 aliphatic rings. The molecule has 1 fully saturated rings. The minimum absolute atomic E-state index is 0.00517. The average Bonchev–Trinajstić information content (AvgIpc) is 2.81. The van der Waals surface area contributed by atoms with Gasteiger partial charge in [-0.05, 0) is 54.8 Å². The number of amides is 2. The standard InChI is InChI=1S/C24H30N2O5/c1-29-16-4-15-25-24(28)21-13-14-22(27)26(18-7-11-20(31-3)12-8-18)23(21)17-5-9-19(30-2)10-6-17/h5-12,21,23H,4,13-16H2,1-3H3,(H,25,28)/t21-,23+/m0/s1. The van der Waals surface area contributed by atoms with Crippen LogP contribution in [0.1, 0.15) is 30.9 Å². The first-order valence-electron chi connectivity index (χ1n) is 10.5. The summed E-state index contributed by atoms with van der Waals surface area (Å²) in [5, 5.41) is 3.01. The maximum Gasteiger partial charge on any atom is 0.227 e. The Kier molecular flexibility index (Phi) is 7.89. The van der Waals surface area contributed by atoms with Crippen LogP contribution in [0.3, 0.4) is 0 Å². The number of benzene rings is 2. The maximum absolute atomic E-state index is 13.1. The van der Waals surface area contributed by atoms with Crippen molar-refractivity contribution in [2.24, 2.45) is 5.92 Å². The molecule has 31 heavy (non-hydrogen) atoms. The normalized spacial score (nSPS) is 18.5. The number of hydrogen-bond donors (Lipinski definition) is 1. The topological polar surface area (TPSA) is 77.1 Å². The van der Waals surface area contributed by atoms with Crippen LogP contribution in [0.2, 0.25) is 0 Å². The van der Waals surface area contributed by atoms with Crippen molar-refractivity contribution < 1.29 is 23.8 Å². The smallest absolute Gasteiger partial charge is 0.227 e. The van der Waals surface area contributed by atoms with Crippen molar-refractivity contribution in [2.75, 3.05) is 39.4 Å². The number of nitrogens with zero attached hydrogens (tertiary/aromatic N) is 1. The molecule has 1 aliphatic heterocycles. The lowest BCUT2D eigenvalue weighted by molar-refractivity contribution is -0.129. The molecule has 0 unspecified atom stereocenters. The predicted octanol–water partition coefficient (Wildman–Crippen LogP) is 3.34. The Morgan fingerprint density at radius 1 is 1.00 bits per heavy atom. The molecule has 0 radical (unpaired) electrons. The van der Waals surface area contributed by atoms with Crippen LogP contribution in [0.25, 0.3) is 0 Å². The van der Waals surface area contributed by atoms with Gasteiger partial charge in [0.2, 0.25) is 11.8 Å². The van der Waals surface area contributed by atoms with Gasteiger partial charge < -0.3 is 24.4 Å². The van der Waals surface area contributed by atoms with E-state index >= 15 is 0 Å². The van der Waals surface area contributed by atoms with Crippen molar-refractivity contribution in [1.29, 1.82) is 0 Å². The molecule has 3 rings (SSSR count). The molecule has 7 heteroatoms. The summed E-state index contributed by atoms with van der Waals surface area (Å²) in [6.07, 6.45) is 1.55. The molecule has 7 nitrogen and oxygen atoms in total. The first-order valence-corrected chi connectivity index (χ1v) is 10.5. The number of methoxy groups -OCH3 is 3. The van der Waals surface area contributed by atoms with Gasteiger partial charge in [0.1, 0.15) is 11.5 Å². The van der Waals surface area contributed by atoms with E-state index in [1.807, 2.05) is 48.5 Å². The van der Waals surface area contributed by atoms with Gasteiger partial charge in [0.25, 0.3) is 0 Å². The minimum atomic E-state index is -0.414. The van der Waals surface area contributed by atoms with Gasteiger partial charge in [-0.15, -0.1) is 0 Å². The SMILES string of the molecule is COCCCNC(=O)[C@H]1CCC(=O)N(c2ccc(OC)cc2)[C@@H]1c1ccc(OC)cc1. The number of piperidine rings is 1. The second kappa shape index (κ2) is 10.8. The summed E-state index contributed by atoms with van der Waals surface area (Å²) in [5.41, 5.74) is 1.63. The summed E-state index contributed by atoms with van der Waals surface area (Å²) in [7, 11) is 4.85. The van der Waals surface area contributed by atoms with Crippen LogP contribution >= 0.6 is 0 Å². The van der Waals surface area contributed by atoms with Crippen LogP contribution in [0.5, 0.6) is 11.5 Å². The van der Waals surface area contributed by atoms with Crippen molar-refractivity contribution in [3.63, 3.8) is 0 Å². The zero-order valence-corrected chi connectivity index (χ0v) is 18.3. The van der Waals surface area contributed by atoms with Gasteiger partial charge in [-0.25, -0.2) is 0 Å². The van der Waals surface area contributed by atoms with E-state index in [2.05, 4.69) is 5.32 Å². The average molecular weight is 427 g/mol. The number of hydrogen-bond acceptors (Lipinski definition) is 5. The number of nitrogens with one attached hydrogen (secondary N) is 1. The summed E-state index contributed by atoms with van der Waals surface area (Å²) in [4.78, 5) is 27.9. The van der Waals surface area contributed by atoms with Gasteiger partial charge in [0.15, 0.2) is 0 Å². The Hall–Kier alpha value is -3.06. The zero-order valence-electron chi connectivity index (χ0n) is 18.3. The van der Waals surface area contributed by atoms with Crippen LogP contribution in [-0.4, -0.2) is 46.3 Å². The molecule has 2 amide bonds. The summed E-state index contributed by atoms with van der Waals surface area (Å²) < 4.78 is 15.6. The Morgan fingerprint density at radius 2 is 1.61 bits per heavy atom. The van der Waals surface area contributed by atoms with E-state index in [0.717, 1.165) is 23.4 Å². The van der Waals surface area contributed by atoms with Gasteiger partial charge in [-0.3, -0.25) is 9.59 Å². The van der Waals surface area contributed by atoms with E-state index in [0.29, 0.717) is 31.7 Å². The molecular weight excluding hydrogens is 396 g/mol. The van der Waals surface area contributed by atoms with Gasteiger partial charge in [0.05, 0.1) is 26.2 Å². The van der Waals surface area contributed by atoms with E-state index < -0.39 is 6.04 Å². The van der Waals surface area contributed by atoms with Crippen molar-refractivity contribution in [1.82, 2.24) is 5.32 Å². The molecule has 0 bridgehead atoms. The number of ether oxygens (including phenoxy) is 3. The lowest BCUT2D eigenvalue weighted by Gasteiger charge is -2.41. The largest absolute Gasteiger partial charge is 0.497 e. The zero-order chi connectivity index (χ0) is 22.2. The number of carbonyl (C=O) groups is 2. The third kappa shape index (κ3) is 5.35. The monoisotopic (exact) mass is 426 g/mol. The quantitative estimate of drug-likeness (QED) is 0.623. The summed E-state index contributed by atoms with van der Waals surface area (Å²) in [6.45, 7) is 1.12. The molecule has 0 spiro atoms. The second-order valence-electron chi connectivity index (χ2n) is 7.46. The Labute approximate surface area is 183 Å². The third-order valence-electron chi connectivity index (χ3n) is 5.57. The molecule has 0 saturated carbocycles. The van der Waals surface area contributed by atoms with Crippen LogP contribution in [0.4, 0.5) is 5.69 Å². The van der Waals surface area contributed by atoms with Crippen LogP contribution in [-0.2, 0) is 14.3 Å². The van der Waals surface area contributed by atoms with E-state index in [9.17, 15) is 9.59 Å². The van der Waals surface area contributed by atoms with Gasteiger partial charge >= 0.3 is 0 Å².